The van der Waals surface area contributed by atoms with E-state index in [-0.39, 0.29) is 12.8 Å². The van der Waals surface area contributed by atoms with Crippen LogP contribution < -0.4 is 0 Å². The third-order valence-corrected chi connectivity index (χ3v) is 15.0. The van der Waals surface area contributed by atoms with Gasteiger partial charge in [-0.05, 0) is 44.9 Å². The van der Waals surface area contributed by atoms with Gasteiger partial charge in [-0.2, -0.15) is 0 Å². The highest BCUT2D eigenvalue weighted by Gasteiger charge is 2.51. The highest BCUT2D eigenvalue weighted by Crippen LogP contribution is 2.47. The van der Waals surface area contributed by atoms with Gasteiger partial charge in [-0.3, -0.25) is 18.6 Å². The summed E-state index contributed by atoms with van der Waals surface area (Å²) in [6, 6.07) is 0. The summed E-state index contributed by atoms with van der Waals surface area (Å²) in [5, 5.41) is 50.4. The van der Waals surface area contributed by atoms with Crippen molar-refractivity contribution in [3.8, 4) is 0 Å². The Bertz CT molecular complexity index is 1350. The number of esters is 2. The molecule has 0 spiro atoms. The Morgan fingerprint density at radius 3 is 1.15 bits per heavy atom. The van der Waals surface area contributed by atoms with Crippen LogP contribution in [-0.2, 0) is 32.7 Å². The van der Waals surface area contributed by atoms with Gasteiger partial charge in [-0.25, -0.2) is 4.57 Å². The molecule has 0 aliphatic heterocycles. The Balaban J connectivity index is 2.30. The van der Waals surface area contributed by atoms with Crippen molar-refractivity contribution < 1.29 is 63.1 Å². The summed E-state index contributed by atoms with van der Waals surface area (Å²) < 4.78 is 33.8. The molecule has 6 unspecified atom stereocenters. The number of unbranched alkanes of at least 4 members (excludes halogenated alkanes) is 35. The lowest BCUT2D eigenvalue weighted by Gasteiger charge is -2.41. The van der Waals surface area contributed by atoms with Crippen LogP contribution in [0.25, 0.3) is 0 Å². The first-order chi connectivity index (χ1) is 34.9. The van der Waals surface area contributed by atoms with Crippen LogP contribution in [0.1, 0.15) is 277 Å². The first-order valence-corrected chi connectivity index (χ1v) is 31.1. The van der Waals surface area contributed by atoms with Crippen LogP contribution in [0.15, 0.2) is 24.3 Å². The number of aliphatic hydroxyl groups is 5. The van der Waals surface area contributed by atoms with Crippen LogP contribution >= 0.6 is 7.82 Å². The number of allylic oxidation sites excluding steroid dienone is 4. The van der Waals surface area contributed by atoms with E-state index in [2.05, 4.69) is 38.2 Å². The molecule has 0 saturated heterocycles. The summed E-state index contributed by atoms with van der Waals surface area (Å²) in [7, 11) is -5.13. The fourth-order valence-electron chi connectivity index (χ4n) is 9.32. The van der Waals surface area contributed by atoms with Crippen molar-refractivity contribution in [2.45, 2.75) is 320 Å². The average Bonchev–Trinajstić information content (AvgIpc) is 3.36. The van der Waals surface area contributed by atoms with Crippen molar-refractivity contribution in [1.29, 1.82) is 0 Å². The van der Waals surface area contributed by atoms with Gasteiger partial charge >= 0.3 is 19.8 Å². The zero-order chi connectivity index (χ0) is 52.8. The summed E-state index contributed by atoms with van der Waals surface area (Å²) in [5.74, 6) is -1.09. The van der Waals surface area contributed by atoms with Gasteiger partial charge in [0.1, 0.15) is 43.2 Å². The molecule has 424 valence electrons. The molecule has 13 nitrogen and oxygen atoms in total. The maximum atomic E-state index is 12.9. The van der Waals surface area contributed by atoms with Crippen LogP contribution in [0.3, 0.4) is 0 Å². The third kappa shape index (κ3) is 38.8. The second kappa shape index (κ2) is 47.8. The van der Waals surface area contributed by atoms with E-state index < -0.39 is 75.7 Å². The van der Waals surface area contributed by atoms with Crippen molar-refractivity contribution in [2.24, 2.45) is 0 Å². The fraction of sp³-hybridized carbons (Fsp3) is 0.897. The topological polar surface area (TPSA) is 210 Å². The maximum Gasteiger partial charge on any atom is 0.472 e. The molecule has 72 heavy (non-hydrogen) atoms. The van der Waals surface area contributed by atoms with Crippen molar-refractivity contribution in [3.05, 3.63) is 24.3 Å². The van der Waals surface area contributed by atoms with Crippen molar-refractivity contribution in [2.75, 3.05) is 13.2 Å². The van der Waals surface area contributed by atoms with Gasteiger partial charge in [0.2, 0.25) is 0 Å². The summed E-state index contributed by atoms with van der Waals surface area (Å²) in [6.45, 7) is 3.34. The molecule has 0 radical (unpaired) electrons. The van der Waals surface area contributed by atoms with Gasteiger partial charge < -0.3 is 39.9 Å². The van der Waals surface area contributed by atoms with Gasteiger partial charge in [0.05, 0.1) is 6.61 Å². The SMILES string of the molecule is CCCCC/C=C\C/C=C\CCCCCCCCCCCC(=O)OC(COC(=O)CCCCCCCCCCCCCCCCCCCCCCCCCC)COP(=O)(O)OC1C(O)C(O)C(O)C(O)C1O. The lowest BCUT2D eigenvalue weighted by atomic mass is 9.85. The summed E-state index contributed by atoms with van der Waals surface area (Å²) in [4.78, 5) is 36.0. The maximum absolute atomic E-state index is 12.9. The second-order valence-corrected chi connectivity index (χ2v) is 22.3. The molecule has 1 aliphatic carbocycles. The Hall–Kier alpha value is -1.67. The number of phosphoric ester groups is 1. The molecule has 1 fully saturated rings. The van der Waals surface area contributed by atoms with Gasteiger partial charge in [0.25, 0.3) is 0 Å². The lowest BCUT2D eigenvalue weighted by Crippen LogP contribution is -2.64. The highest BCUT2D eigenvalue weighted by atomic mass is 31.2. The van der Waals surface area contributed by atoms with E-state index in [1.807, 2.05) is 0 Å². The average molecular weight is 1050 g/mol. The van der Waals surface area contributed by atoms with Crippen molar-refractivity contribution in [1.82, 2.24) is 0 Å². The van der Waals surface area contributed by atoms with E-state index in [9.17, 15) is 44.6 Å². The zero-order valence-electron chi connectivity index (χ0n) is 45.7. The Labute approximate surface area is 438 Å². The molecule has 0 aromatic heterocycles. The Morgan fingerprint density at radius 1 is 0.431 bits per heavy atom. The quantitative estimate of drug-likeness (QED) is 0.0145. The molecular weight excluding hydrogens is 936 g/mol. The molecule has 6 atom stereocenters. The molecule has 0 aromatic rings. The van der Waals surface area contributed by atoms with E-state index in [0.717, 1.165) is 57.8 Å². The smallest absolute Gasteiger partial charge is 0.462 e. The number of aliphatic hydroxyl groups excluding tert-OH is 5. The first-order valence-electron chi connectivity index (χ1n) is 29.6. The number of ether oxygens (including phenoxy) is 2. The molecule has 1 aliphatic rings. The number of carbonyl (C=O) groups excluding carboxylic acids is 2. The fourth-order valence-corrected chi connectivity index (χ4v) is 10.3. The number of hydrogen-bond donors (Lipinski definition) is 6. The number of phosphoric acid groups is 1. The number of hydrogen-bond acceptors (Lipinski definition) is 12. The largest absolute Gasteiger partial charge is 0.472 e. The highest BCUT2D eigenvalue weighted by molar-refractivity contribution is 7.47. The second-order valence-electron chi connectivity index (χ2n) is 20.9. The molecule has 0 bridgehead atoms. The zero-order valence-corrected chi connectivity index (χ0v) is 46.6. The molecule has 1 rings (SSSR count). The van der Waals surface area contributed by atoms with Crippen LogP contribution in [0.5, 0.6) is 0 Å². The molecule has 0 amide bonds. The van der Waals surface area contributed by atoms with Crippen molar-refractivity contribution >= 4 is 19.8 Å². The molecule has 14 heteroatoms. The summed E-state index contributed by atoms with van der Waals surface area (Å²) in [5.41, 5.74) is 0. The van der Waals surface area contributed by atoms with Gasteiger partial charge in [-0.1, -0.05) is 244 Å². The van der Waals surface area contributed by atoms with E-state index >= 15 is 0 Å². The van der Waals surface area contributed by atoms with Crippen molar-refractivity contribution in [3.63, 3.8) is 0 Å². The minimum Gasteiger partial charge on any atom is -0.462 e. The third-order valence-electron chi connectivity index (χ3n) is 14.0. The van der Waals surface area contributed by atoms with E-state index in [1.54, 1.807) is 0 Å². The van der Waals surface area contributed by atoms with E-state index in [4.69, 9.17) is 18.5 Å². The lowest BCUT2D eigenvalue weighted by molar-refractivity contribution is -0.220. The monoisotopic (exact) mass is 1040 g/mol. The van der Waals surface area contributed by atoms with Crippen LogP contribution in [0.2, 0.25) is 0 Å². The normalized spacial score (nSPS) is 20.6. The Kier molecular flexibility index (Phi) is 45.3. The molecule has 1 saturated carbocycles. The van der Waals surface area contributed by atoms with Gasteiger partial charge in [0.15, 0.2) is 6.10 Å². The predicted octanol–water partition coefficient (Wildman–Crippen LogP) is 13.9. The molecule has 6 N–H and O–H groups in total. The molecule has 0 aromatic carbocycles. The minimum absolute atomic E-state index is 0.0952. The summed E-state index contributed by atoms with van der Waals surface area (Å²) >= 11 is 0. The summed E-state index contributed by atoms with van der Waals surface area (Å²) in [6.07, 6.45) is 43.7. The molecular formula is C58H109O13P. The minimum atomic E-state index is -5.13. The first kappa shape index (κ1) is 68.3. The van der Waals surface area contributed by atoms with Gasteiger partial charge in [0, 0.05) is 12.8 Å². The molecule has 0 heterocycles. The number of rotatable bonds is 51. The van der Waals surface area contributed by atoms with Gasteiger partial charge in [-0.15, -0.1) is 0 Å². The van der Waals surface area contributed by atoms with Crippen LogP contribution in [0, 0.1) is 0 Å². The Morgan fingerprint density at radius 2 is 0.750 bits per heavy atom. The number of carbonyl (C=O) groups is 2. The van der Waals surface area contributed by atoms with E-state index in [1.165, 1.54) is 180 Å². The van der Waals surface area contributed by atoms with Crippen LogP contribution in [0.4, 0.5) is 0 Å². The standard InChI is InChI=1S/C58H109O13P/c1-3-5-7-9-11-13-15-17-19-21-23-24-25-26-27-29-30-32-34-36-38-40-42-44-46-51(59)68-48-50(49-69-72(66,67)71-58-56(64)54(62)53(61)55(63)57(58)65)70-52(60)47-45-43-41-39-37-35-33-31-28-22-20-18-16-14-12-10-8-6-4-2/h12,14,18,20,50,53-58,61-65H,3-11,13,15-17,19,21-49H2,1-2H3,(H,66,67)/b14-12-,20-18-. The van der Waals surface area contributed by atoms with Crippen LogP contribution in [-0.4, -0.2) is 98.3 Å². The predicted molar refractivity (Wildman–Crippen MR) is 290 cm³/mol. The van der Waals surface area contributed by atoms with E-state index in [0.29, 0.717) is 12.8 Å².